The summed E-state index contributed by atoms with van der Waals surface area (Å²) in [5.74, 6) is 0.569. The monoisotopic (exact) mass is 406 g/mol. The number of halogens is 1. The molecule has 6 nitrogen and oxygen atoms in total. The number of carbonyl (C=O) groups excluding carboxylic acids is 1. The van der Waals surface area contributed by atoms with E-state index in [1.165, 1.54) is 13.3 Å². The number of hydrogen-bond acceptors (Lipinski definition) is 5. The lowest BCUT2D eigenvalue weighted by Gasteiger charge is -2.07. The van der Waals surface area contributed by atoms with Crippen LogP contribution in [0.4, 0.5) is 0 Å². The minimum Gasteiger partial charge on any atom is -0.503 e. The number of phenols is 1. The second kappa shape index (κ2) is 8.53. The van der Waals surface area contributed by atoms with Gasteiger partial charge in [-0.3, -0.25) is 4.79 Å². The van der Waals surface area contributed by atoms with Crippen molar-refractivity contribution in [3.63, 3.8) is 0 Å². The summed E-state index contributed by atoms with van der Waals surface area (Å²) < 4.78 is 11.0. The standard InChI is InChI=1S/C18H19BrN2O4/c1-11-4-5-14(6-12(11)2)25-10-17(22)21-20-9-13-7-15(19)18(23)16(8-13)24-3/h4-9,23H,10H2,1-3H3,(H,21,22). The Morgan fingerprint density at radius 2 is 2.04 bits per heavy atom. The predicted octanol–water partition coefficient (Wildman–Crippen LogP) is 3.31. The highest BCUT2D eigenvalue weighted by molar-refractivity contribution is 9.10. The van der Waals surface area contributed by atoms with Gasteiger partial charge in [0.25, 0.3) is 5.91 Å². The number of methoxy groups -OCH3 is 1. The van der Waals surface area contributed by atoms with Crippen LogP contribution >= 0.6 is 15.9 Å². The summed E-state index contributed by atoms with van der Waals surface area (Å²) in [7, 11) is 1.45. The number of aryl methyl sites for hydroxylation is 2. The Kier molecular flexibility index (Phi) is 6.41. The Balaban J connectivity index is 1.90. The lowest BCUT2D eigenvalue weighted by molar-refractivity contribution is -0.123. The molecule has 0 aromatic heterocycles. The van der Waals surface area contributed by atoms with E-state index in [0.29, 0.717) is 21.5 Å². The van der Waals surface area contributed by atoms with E-state index in [1.807, 2.05) is 32.0 Å². The van der Waals surface area contributed by atoms with E-state index < -0.39 is 0 Å². The topological polar surface area (TPSA) is 80.2 Å². The first-order chi connectivity index (χ1) is 11.9. The molecule has 2 aromatic rings. The zero-order chi connectivity index (χ0) is 18.4. The van der Waals surface area contributed by atoms with Gasteiger partial charge < -0.3 is 14.6 Å². The summed E-state index contributed by atoms with van der Waals surface area (Å²) in [5.41, 5.74) is 5.30. The first-order valence-electron chi connectivity index (χ1n) is 7.49. The number of nitrogens with zero attached hydrogens (tertiary/aromatic N) is 1. The molecule has 0 spiro atoms. The maximum Gasteiger partial charge on any atom is 0.277 e. The minimum absolute atomic E-state index is 0.00507. The molecule has 0 aliphatic carbocycles. The molecule has 2 N–H and O–H groups in total. The van der Waals surface area contributed by atoms with Crippen molar-refractivity contribution < 1.29 is 19.4 Å². The van der Waals surface area contributed by atoms with E-state index in [2.05, 4.69) is 26.5 Å². The summed E-state index contributed by atoms with van der Waals surface area (Å²) in [6.45, 7) is 3.86. The molecule has 0 aliphatic rings. The van der Waals surface area contributed by atoms with E-state index in [1.54, 1.807) is 12.1 Å². The van der Waals surface area contributed by atoms with Crippen LogP contribution in [0.25, 0.3) is 0 Å². The number of hydrogen-bond donors (Lipinski definition) is 2. The van der Waals surface area contributed by atoms with Crippen LogP contribution in [0, 0.1) is 13.8 Å². The molecule has 25 heavy (non-hydrogen) atoms. The van der Waals surface area contributed by atoms with Gasteiger partial charge in [0, 0.05) is 0 Å². The molecule has 132 valence electrons. The van der Waals surface area contributed by atoms with Gasteiger partial charge in [-0.25, -0.2) is 5.43 Å². The smallest absolute Gasteiger partial charge is 0.277 e. The van der Waals surface area contributed by atoms with Gasteiger partial charge in [-0.15, -0.1) is 0 Å². The van der Waals surface area contributed by atoms with Crippen molar-refractivity contribution in [2.24, 2.45) is 5.10 Å². The number of ether oxygens (including phenoxy) is 2. The average Bonchev–Trinajstić information content (AvgIpc) is 2.59. The molecule has 0 saturated carbocycles. The third kappa shape index (κ3) is 5.22. The summed E-state index contributed by atoms with van der Waals surface area (Å²) >= 11 is 3.22. The van der Waals surface area contributed by atoms with Crippen LogP contribution in [0.5, 0.6) is 17.2 Å². The molecule has 2 aromatic carbocycles. The van der Waals surface area contributed by atoms with Crippen molar-refractivity contribution in [1.82, 2.24) is 5.43 Å². The Hall–Kier alpha value is -2.54. The first-order valence-corrected chi connectivity index (χ1v) is 8.28. The zero-order valence-electron chi connectivity index (χ0n) is 14.2. The van der Waals surface area contributed by atoms with Gasteiger partial charge in [-0.1, -0.05) is 6.07 Å². The Morgan fingerprint density at radius 1 is 1.28 bits per heavy atom. The number of nitrogens with one attached hydrogen (secondary N) is 1. The van der Waals surface area contributed by atoms with E-state index in [-0.39, 0.29) is 18.3 Å². The van der Waals surface area contributed by atoms with Crippen LogP contribution in [-0.2, 0) is 4.79 Å². The van der Waals surface area contributed by atoms with Crippen LogP contribution in [0.2, 0.25) is 0 Å². The lowest BCUT2D eigenvalue weighted by Crippen LogP contribution is -2.24. The highest BCUT2D eigenvalue weighted by Gasteiger charge is 2.07. The number of carbonyl (C=O) groups is 1. The van der Waals surface area contributed by atoms with Crippen molar-refractivity contribution in [3.05, 3.63) is 51.5 Å². The second-order valence-electron chi connectivity index (χ2n) is 5.38. The average molecular weight is 407 g/mol. The van der Waals surface area contributed by atoms with Gasteiger partial charge in [0.1, 0.15) is 5.75 Å². The van der Waals surface area contributed by atoms with Gasteiger partial charge in [-0.05, 0) is 70.7 Å². The van der Waals surface area contributed by atoms with Crippen LogP contribution in [0.3, 0.4) is 0 Å². The number of phenolic OH excluding ortho intramolecular Hbond substituents is 1. The minimum atomic E-state index is -0.376. The van der Waals surface area contributed by atoms with E-state index >= 15 is 0 Å². The zero-order valence-corrected chi connectivity index (χ0v) is 15.8. The largest absolute Gasteiger partial charge is 0.503 e. The number of hydrazone groups is 1. The third-order valence-electron chi connectivity index (χ3n) is 3.52. The molecule has 0 radical (unpaired) electrons. The number of aromatic hydroxyl groups is 1. The van der Waals surface area contributed by atoms with Gasteiger partial charge in [0.05, 0.1) is 17.8 Å². The van der Waals surface area contributed by atoms with Crippen LogP contribution in [-0.4, -0.2) is 30.9 Å². The summed E-state index contributed by atoms with van der Waals surface area (Å²) in [5, 5.41) is 13.6. The van der Waals surface area contributed by atoms with E-state index in [9.17, 15) is 9.90 Å². The molecular weight excluding hydrogens is 388 g/mol. The molecule has 0 atom stereocenters. The fraction of sp³-hybridized carbons (Fsp3) is 0.222. The fourth-order valence-electron chi connectivity index (χ4n) is 1.99. The maximum atomic E-state index is 11.8. The molecule has 0 fully saturated rings. The maximum absolute atomic E-state index is 11.8. The molecule has 0 unspecified atom stereocenters. The van der Waals surface area contributed by atoms with Crippen molar-refractivity contribution in [3.8, 4) is 17.2 Å². The second-order valence-corrected chi connectivity index (χ2v) is 6.24. The van der Waals surface area contributed by atoms with E-state index in [0.717, 1.165) is 11.1 Å². The van der Waals surface area contributed by atoms with Crippen molar-refractivity contribution in [2.45, 2.75) is 13.8 Å². The van der Waals surface area contributed by atoms with Gasteiger partial charge in [0.15, 0.2) is 18.1 Å². The third-order valence-corrected chi connectivity index (χ3v) is 4.13. The Labute approximate surface area is 154 Å². The SMILES string of the molecule is COc1cc(C=NNC(=O)COc2ccc(C)c(C)c2)cc(Br)c1O. The van der Waals surface area contributed by atoms with Crippen molar-refractivity contribution >= 4 is 28.1 Å². The molecule has 0 bridgehead atoms. The van der Waals surface area contributed by atoms with E-state index in [4.69, 9.17) is 9.47 Å². The molecule has 0 saturated heterocycles. The van der Waals surface area contributed by atoms with Crippen LogP contribution in [0.15, 0.2) is 39.9 Å². The number of rotatable bonds is 6. The molecule has 1 amide bonds. The number of amides is 1. The molecule has 0 heterocycles. The quantitative estimate of drug-likeness (QED) is 0.569. The Bertz CT molecular complexity index is 806. The molecule has 0 aliphatic heterocycles. The number of benzene rings is 2. The summed E-state index contributed by atoms with van der Waals surface area (Å²) in [6.07, 6.45) is 1.45. The van der Waals surface area contributed by atoms with Crippen LogP contribution in [0.1, 0.15) is 16.7 Å². The Morgan fingerprint density at radius 3 is 2.72 bits per heavy atom. The first kappa shape index (κ1) is 18.8. The normalized spacial score (nSPS) is 10.7. The summed E-state index contributed by atoms with van der Waals surface area (Å²) in [4.78, 5) is 11.8. The molecule has 2 rings (SSSR count). The molecule has 7 heteroatoms. The summed E-state index contributed by atoms with van der Waals surface area (Å²) in [6, 6.07) is 8.89. The molecular formula is C18H19BrN2O4. The highest BCUT2D eigenvalue weighted by Crippen LogP contribution is 2.34. The predicted molar refractivity (Wildman–Crippen MR) is 99.5 cm³/mol. The van der Waals surface area contributed by atoms with Crippen molar-refractivity contribution in [1.29, 1.82) is 0 Å². The lowest BCUT2D eigenvalue weighted by atomic mass is 10.1. The fourth-order valence-corrected chi connectivity index (χ4v) is 2.45. The highest BCUT2D eigenvalue weighted by atomic mass is 79.9. The van der Waals surface area contributed by atoms with Gasteiger partial charge in [0.2, 0.25) is 0 Å². The van der Waals surface area contributed by atoms with Gasteiger partial charge in [-0.2, -0.15) is 5.10 Å². The van der Waals surface area contributed by atoms with Crippen molar-refractivity contribution in [2.75, 3.05) is 13.7 Å². The van der Waals surface area contributed by atoms with Gasteiger partial charge >= 0.3 is 0 Å². The van der Waals surface area contributed by atoms with Crippen LogP contribution < -0.4 is 14.9 Å².